The zero-order valence-electron chi connectivity index (χ0n) is 11.3. The summed E-state index contributed by atoms with van der Waals surface area (Å²) in [6, 6.07) is 10.1. The predicted octanol–water partition coefficient (Wildman–Crippen LogP) is 3.82. The minimum atomic E-state index is 0.546. The largest absolute Gasteiger partial charge is 0.332 e. The molecule has 0 aliphatic carbocycles. The zero-order valence-corrected chi connectivity index (χ0v) is 12.1. The highest BCUT2D eigenvalue weighted by molar-refractivity contribution is 7.80. The number of nitrogens with zero attached hydrogens (tertiary/aromatic N) is 1. The summed E-state index contributed by atoms with van der Waals surface area (Å²) in [6.07, 6.45) is 1.76. The van der Waals surface area contributed by atoms with Crippen LogP contribution >= 0.6 is 12.2 Å². The second kappa shape index (κ2) is 5.80. The number of aryl methyl sites for hydroxylation is 3. The Balaban J connectivity index is 2.05. The van der Waals surface area contributed by atoms with Crippen LogP contribution in [0.1, 0.15) is 16.7 Å². The fourth-order valence-electron chi connectivity index (χ4n) is 1.83. The van der Waals surface area contributed by atoms with Gasteiger partial charge >= 0.3 is 0 Å². The molecule has 0 unspecified atom stereocenters. The van der Waals surface area contributed by atoms with E-state index in [9.17, 15) is 0 Å². The highest BCUT2D eigenvalue weighted by Gasteiger charge is 2.02. The molecule has 0 bridgehead atoms. The van der Waals surface area contributed by atoms with E-state index in [1.807, 2.05) is 25.1 Å². The maximum atomic E-state index is 5.29. The molecule has 2 aromatic rings. The number of aromatic nitrogens is 1. The molecule has 19 heavy (non-hydrogen) atoms. The van der Waals surface area contributed by atoms with Crippen LogP contribution in [0, 0.1) is 20.8 Å². The first-order valence-electron chi connectivity index (χ1n) is 6.12. The molecule has 0 aliphatic rings. The topological polar surface area (TPSA) is 37.0 Å². The van der Waals surface area contributed by atoms with Gasteiger partial charge in [0.15, 0.2) is 5.11 Å². The summed E-state index contributed by atoms with van der Waals surface area (Å²) in [6.45, 7) is 6.15. The van der Waals surface area contributed by atoms with Crippen molar-refractivity contribution in [2.75, 3.05) is 10.6 Å². The van der Waals surface area contributed by atoms with Crippen molar-refractivity contribution in [1.82, 2.24) is 4.98 Å². The molecule has 4 heteroatoms. The summed E-state index contributed by atoms with van der Waals surface area (Å²) >= 11 is 5.29. The quantitative estimate of drug-likeness (QED) is 0.814. The van der Waals surface area contributed by atoms with E-state index in [0.29, 0.717) is 5.11 Å². The third kappa shape index (κ3) is 3.76. The van der Waals surface area contributed by atoms with Crippen molar-refractivity contribution in [2.24, 2.45) is 0 Å². The Morgan fingerprint density at radius 2 is 1.74 bits per heavy atom. The number of anilines is 2. The molecule has 2 rings (SSSR count). The fraction of sp³-hybridized carbons (Fsp3) is 0.200. The van der Waals surface area contributed by atoms with Gasteiger partial charge in [-0.1, -0.05) is 17.7 Å². The summed E-state index contributed by atoms with van der Waals surface area (Å²) in [5.41, 5.74) is 4.56. The molecule has 1 heterocycles. The molecular weight excluding hydrogens is 254 g/mol. The molecule has 3 nitrogen and oxygen atoms in total. The van der Waals surface area contributed by atoms with Gasteiger partial charge < -0.3 is 10.6 Å². The Kier molecular flexibility index (Phi) is 4.12. The van der Waals surface area contributed by atoms with Gasteiger partial charge in [-0.3, -0.25) is 0 Å². The summed E-state index contributed by atoms with van der Waals surface area (Å²) in [4.78, 5) is 4.22. The van der Waals surface area contributed by atoms with Crippen molar-refractivity contribution < 1.29 is 0 Å². The lowest BCUT2D eigenvalue weighted by atomic mass is 10.1. The SMILES string of the molecule is Cc1ccnc(NC(=S)Nc2ccc(C)cc2C)c1. The van der Waals surface area contributed by atoms with Gasteiger partial charge in [0.1, 0.15) is 5.82 Å². The first kappa shape index (κ1) is 13.5. The Bertz CT molecular complexity index is 608. The van der Waals surface area contributed by atoms with Crippen molar-refractivity contribution in [1.29, 1.82) is 0 Å². The summed E-state index contributed by atoms with van der Waals surface area (Å²) in [7, 11) is 0. The molecule has 1 aromatic carbocycles. The zero-order chi connectivity index (χ0) is 13.8. The highest BCUT2D eigenvalue weighted by Crippen LogP contribution is 2.16. The maximum Gasteiger partial charge on any atom is 0.176 e. The average Bonchev–Trinajstić information content (AvgIpc) is 2.33. The average molecular weight is 271 g/mol. The molecule has 0 spiro atoms. The van der Waals surface area contributed by atoms with Crippen LogP contribution in [0.4, 0.5) is 11.5 Å². The van der Waals surface area contributed by atoms with Crippen LogP contribution in [-0.4, -0.2) is 10.1 Å². The molecule has 0 aliphatic heterocycles. The number of pyridine rings is 1. The molecule has 1 aromatic heterocycles. The summed E-state index contributed by atoms with van der Waals surface area (Å²) < 4.78 is 0. The van der Waals surface area contributed by atoms with Gasteiger partial charge in [-0.15, -0.1) is 0 Å². The van der Waals surface area contributed by atoms with Crippen molar-refractivity contribution in [3.8, 4) is 0 Å². The molecule has 0 amide bonds. The number of hydrogen-bond acceptors (Lipinski definition) is 2. The van der Waals surface area contributed by atoms with E-state index < -0.39 is 0 Å². The van der Waals surface area contributed by atoms with Gasteiger partial charge in [0.2, 0.25) is 0 Å². The molecular formula is C15H17N3S. The minimum Gasteiger partial charge on any atom is -0.332 e. The molecule has 0 saturated heterocycles. The van der Waals surface area contributed by atoms with Gasteiger partial charge in [0.25, 0.3) is 0 Å². The molecule has 0 radical (unpaired) electrons. The van der Waals surface area contributed by atoms with Crippen LogP contribution in [0.3, 0.4) is 0 Å². The monoisotopic (exact) mass is 271 g/mol. The Morgan fingerprint density at radius 1 is 1.00 bits per heavy atom. The van der Waals surface area contributed by atoms with Crippen molar-refractivity contribution >= 4 is 28.8 Å². The van der Waals surface area contributed by atoms with Crippen LogP contribution < -0.4 is 10.6 Å². The normalized spacial score (nSPS) is 10.1. The van der Waals surface area contributed by atoms with E-state index >= 15 is 0 Å². The van der Waals surface area contributed by atoms with Gasteiger partial charge in [-0.25, -0.2) is 4.98 Å². The molecule has 98 valence electrons. The molecule has 2 N–H and O–H groups in total. The third-order valence-corrected chi connectivity index (χ3v) is 2.99. The Hall–Kier alpha value is -1.94. The van der Waals surface area contributed by atoms with E-state index in [1.165, 1.54) is 11.1 Å². The van der Waals surface area contributed by atoms with Crippen LogP contribution in [0.2, 0.25) is 0 Å². The number of thiocarbonyl (C=S) groups is 1. The van der Waals surface area contributed by atoms with Gasteiger partial charge in [-0.05, 0) is 62.3 Å². The van der Waals surface area contributed by atoms with E-state index in [4.69, 9.17) is 12.2 Å². The van der Waals surface area contributed by atoms with Crippen LogP contribution in [0.5, 0.6) is 0 Å². The Labute approximate surface area is 119 Å². The van der Waals surface area contributed by atoms with Crippen molar-refractivity contribution in [2.45, 2.75) is 20.8 Å². The Morgan fingerprint density at radius 3 is 2.42 bits per heavy atom. The number of nitrogens with one attached hydrogen (secondary N) is 2. The second-order valence-electron chi connectivity index (χ2n) is 4.62. The van der Waals surface area contributed by atoms with E-state index in [1.54, 1.807) is 6.20 Å². The number of benzene rings is 1. The first-order chi connectivity index (χ1) is 9.04. The standard InChI is InChI=1S/C15H17N3S/c1-10-4-5-13(12(3)8-10)17-15(19)18-14-9-11(2)6-7-16-14/h4-9H,1-3H3,(H2,16,17,18,19). The first-order valence-corrected chi connectivity index (χ1v) is 6.53. The number of hydrogen-bond donors (Lipinski definition) is 2. The lowest BCUT2D eigenvalue weighted by molar-refractivity contribution is 1.28. The van der Waals surface area contributed by atoms with Crippen LogP contribution in [0.25, 0.3) is 0 Å². The van der Waals surface area contributed by atoms with E-state index in [-0.39, 0.29) is 0 Å². The molecule has 0 fully saturated rings. The smallest absolute Gasteiger partial charge is 0.176 e. The molecule has 0 atom stereocenters. The minimum absolute atomic E-state index is 0.546. The summed E-state index contributed by atoms with van der Waals surface area (Å²) in [5, 5.41) is 6.81. The van der Waals surface area contributed by atoms with Crippen molar-refractivity contribution in [3.63, 3.8) is 0 Å². The van der Waals surface area contributed by atoms with Crippen LogP contribution in [0.15, 0.2) is 36.5 Å². The van der Waals surface area contributed by atoms with Gasteiger partial charge in [0.05, 0.1) is 0 Å². The van der Waals surface area contributed by atoms with E-state index in [2.05, 4.69) is 41.6 Å². The van der Waals surface area contributed by atoms with E-state index in [0.717, 1.165) is 17.1 Å². The summed E-state index contributed by atoms with van der Waals surface area (Å²) in [5.74, 6) is 0.752. The lowest BCUT2D eigenvalue weighted by Gasteiger charge is -2.12. The van der Waals surface area contributed by atoms with Gasteiger partial charge in [0, 0.05) is 11.9 Å². The van der Waals surface area contributed by atoms with Gasteiger partial charge in [-0.2, -0.15) is 0 Å². The van der Waals surface area contributed by atoms with Crippen LogP contribution in [-0.2, 0) is 0 Å². The second-order valence-corrected chi connectivity index (χ2v) is 5.02. The maximum absolute atomic E-state index is 5.29. The fourth-order valence-corrected chi connectivity index (χ4v) is 2.04. The van der Waals surface area contributed by atoms with Crippen molar-refractivity contribution in [3.05, 3.63) is 53.2 Å². The predicted molar refractivity (Wildman–Crippen MR) is 84.7 cm³/mol. The lowest BCUT2D eigenvalue weighted by Crippen LogP contribution is -2.20. The highest BCUT2D eigenvalue weighted by atomic mass is 32.1. The third-order valence-electron chi connectivity index (χ3n) is 2.79. The molecule has 0 saturated carbocycles. The number of rotatable bonds is 2.